The van der Waals surface area contributed by atoms with Crippen molar-refractivity contribution in [3.63, 3.8) is 0 Å². The van der Waals surface area contributed by atoms with Crippen molar-refractivity contribution in [2.45, 2.75) is 25.1 Å². The molecular weight excluding hydrogens is 335 g/mol. The highest BCUT2D eigenvalue weighted by Gasteiger charge is 2.55. The first-order chi connectivity index (χ1) is 11.8. The van der Waals surface area contributed by atoms with Crippen LogP contribution in [0.4, 0.5) is 13.2 Å². The summed E-state index contributed by atoms with van der Waals surface area (Å²) in [5.41, 5.74) is -0.412. The first-order valence-corrected chi connectivity index (χ1v) is 8.03. The van der Waals surface area contributed by atoms with E-state index in [0.717, 1.165) is 25.0 Å². The van der Waals surface area contributed by atoms with Gasteiger partial charge in [0.25, 0.3) is 5.91 Å². The quantitative estimate of drug-likeness (QED) is 0.900. The normalized spacial score (nSPS) is 21.8. The van der Waals surface area contributed by atoms with E-state index in [1.54, 1.807) is 11.0 Å². The Morgan fingerprint density at radius 3 is 2.40 bits per heavy atom. The fourth-order valence-corrected chi connectivity index (χ4v) is 3.35. The Balaban J connectivity index is 1.51. The second-order valence-corrected chi connectivity index (χ2v) is 6.80. The predicted molar refractivity (Wildman–Crippen MR) is 82.7 cm³/mol. The van der Waals surface area contributed by atoms with Gasteiger partial charge in [0.15, 0.2) is 5.76 Å². The number of furan rings is 1. The summed E-state index contributed by atoms with van der Waals surface area (Å²) in [7, 11) is 0. The third-order valence-corrected chi connectivity index (χ3v) is 5.10. The molecule has 1 aromatic heterocycles. The number of carbonyl (C=O) groups is 1. The lowest BCUT2D eigenvalue weighted by Crippen LogP contribution is -2.29. The van der Waals surface area contributed by atoms with E-state index in [9.17, 15) is 23.1 Å². The van der Waals surface area contributed by atoms with Crippen LogP contribution >= 0.6 is 0 Å². The van der Waals surface area contributed by atoms with Gasteiger partial charge < -0.3 is 14.4 Å². The fourth-order valence-electron chi connectivity index (χ4n) is 3.35. The molecule has 1 aliphatic heterocycles. The number of nitrogens with zero attached hydrogens (tertiary/aromatic N) is 1. The van der Waals surface area contributed by atoms with Crippen LogP contribution in [-0.2, 0) is 6.18 Å². The van der Waals surface area contributed by atoms with Crippen molar-refractivity contribution in [1.29, 1.82) is 0 Å². The number of aliphatic hydroxyl groups excluding tert-OH is 1. The van der Waals surface area contributed by atoms with E-state index < -0.39 is 17.8 Å². The predicted octanol–water partition coefficient (Wildman–Crippen LogP) is 3.56. The Labute approximate surface area is 141 Å². The van der Waals surface area contributed by atoms with Crippen molar-refractivity contribution in [1.82, 2.24) is 4.90 Å². The summed E-state index contributed by atoms with van der Waals surface area (Å²) in [6.45, 7) is 0.804. The van der Waals surface area contributed by atoms with Crippen LogP contribution in [0, 0.1) is 5.41 Å². The van der Waals surface area contributed by atoms with E-state index in [4.69, 9.17) is 4.42 Å². The average molecular weight is 351 g/mol. The number of alkyl halides is 3. The monoisotopic (exact) mass is 351 g/mol. The molecule has 1 aliphatic carbocycles. The molecule has 2 aromatic rings. The van der Waals surface area contributed by atoms with Crippen molar-refractivity contribution < 1.29 is 27.5 Å². The second kappa shape index (κ2) is 5.36. The molecule has 1 unspecified atom stereocenters. The average Bonchev–Trinajstić information content (AvgIpc) is 3.05. The van der Waals surface area contributed by atoms with Gasteiger partial charge in [0, 0.05) is 24.1 Å². The third-order valence-electron chi connectivity index (χ3n) is 5.10. The Morgan fingerprint density at radius 2 is 1.84 bits per heavy atom. The maximum absolute atomic E-state index is 12.6. The minimum atomic E-state index is -4.39. The number of amides is 1. The van der Waals surface area contributed by atoms with Crippen LogP contribution in [0.3, 0.4) is 0 Å². The smallest absolute Gasteiger partial charge is 0.416 e. The molecule has 25 heavy (non-hydrogen) atoms. The Bertz CT molecular complexity index is 806. The molecular formula is C18H16F3NO3. The first kappa shape index (κ1) is 16.2. The number of hydrogen-bond acceptors (Lipinski definition) is 3. The summed E-state index contributed by atoms with van der Waals surface area (Å²) >= 11 is 0. The lowest BCUT2D eigenvalue weighted by Gasteiger charge is -2.13. The maximum Gasteiger partial charge on any atom is 0.416 e. The van der Waals surface area contributed by atoms with E-state index >= 15 is 0 Å². The molecule has 2 fully saturated rings. The number of β-amino-alcohol motifs (C(OH)–C–C–N with tert-alkyl or cyclic N) is 1. The van der Waals surface area contributed by atoms with Crippen LogP contribution in [-0.4, -0.2) is 35.1 Å². The molecule has 4 rings (SSSR count). The van der Waals surface area contributed by atoms with E-state index in [1.165, 1.54) is 18.2 Å². The molecule has 1 atom stereocenters. The third kappa shape index (κ3) is 2.82. The lowest BCUT2D eigenvalue weighted by atomic mass is 10.0. The van der Waals surface area contributed by atoms with E-state index in [2.05, 4.69) is 0 Å². The number of rotatable bonds is 2. The molecule has 7 heteroatoms. The summed E-state index contributed by atoms with van der Waals surface area (Å²) in [5.74, 6) is 0.152. The molecule has 0 radical (unpaired) electrons. The standard InChI is InChI=1S/C18H16F3NO3/c19-18(20,21)12-3-1-11(2-4-12)13-5-6-14(25-13)16(24)22-9-15(23)17(10-22)7-8-17/h1-6,15,23H,7-10H2. The maximum atomic E-state index is 12.6. The van der Waals surface area contributed by atoms with Crippen LogP contribution in [0.2, 0.25) is 0 Å². The van der Waals surface area contributed by atoms with Crippen LogP contribution in [0.1, 0.15) is 29.0 Å². The van der Waals surface area contributed by atoms with E-state index in [0.29, 0.717) is 17.9 Å². The highest BCUT2D eigenvalue weighted by atomic mass is 19.4. The molecule has 1 saturated carbocycles. The van der Waals surface area contributed by atoms with Gasteiger partial charge >= 0.3 is 6.18 Å². The number of halogens is 3. The van der Waals surface area contributed by atoms with Crippen molar-refractivity contribution in [2.75, 3.05) is 13.1 Å². The van der Waals surface area contributed by atoms with Crippen molar-refractivity contribution in [2.24, 2.45) is 5.41 Å². The second-order valence-electron chi connectivity index (χ2n) is 6.80. The first-order valence-electron chi connectivity index (χ1n) is 8.03. The summed E-state index contributed by atoms with van der Waals surface area (Å²) in [5, 5.41) is 10.0. The van der Waals surface area contributed by atoms with Gasteiger partial charge in [0.05, 0.1) is 11.7 Å². The molecule has 1 spiro atoms. The molecule has 1 aromatic carbocycles. The molecule has 4 nitrogen and oxygen atoms in total. The van der Waals surface area contributed by atoms with Gasteiger partial charge in [-0.1, -0.05) is 12.1 Å². The van der Waals surface area contributed by atoms with Crippen molar-refractivity contribution >= 4 is 5.91 Å². The summed E-state index contributed by atoms with van der Waals surface area (Å²) in [4.78, 5) is 14.1. The van der Waals surface area contributed by atoms with E-state index in [-0.39, 0.29) is 23.6 Å². The zero-order chi connectivity index (χ0) is 17.8. The number of benzene rings is 1. The molecule has 1 amide bonds. The Kier molecular flexibility index (Phi) is 3.47. The van der Waals surface area contributed by atoms with E-state index in [1.807, 2.05) is 0 Å². The highest BCUT2D eigenvalue weighted by molar-refractivity contribution is 5.92. The number of aliphatic hydroxyl groups is 1. The van der Waals surface area contributed by atoms with Gasteiger partial charge in [0.1, 0.15) is 5.76 Å². The Morgan fingerprint density at radius 1 is 1.16 bits per heavy atom. The minimum Gasteiger partial charge on any atom is -0.451 e. The number of likely N-dealkylation sites (tertiary alicyclic amines) is 1. The molecule has 1 N–H and O–H groups in total. The summed E-state index contributed by atoms with van der Waals surface area (Å²) in [6, 6.07) is 7.66. The van der Waals surface area contributed by atoms with Gasteiger partial charge in [-0.2, -0.15) is 13.2 Å². The topological polar surface area (TPSA) is 53.7 Å². The van der Waals surface area contributed by atoms with Gasteiger partial charge in [0.2, 0.25) is 0 Å². The van der Waals surface area contributed by atoms with Crippen LogP contribution in [0.15, 0.2) is 40.8 Å². The van der Waals surface area contributed by atoms with Crippen molar-refractivity contribution in [3.05, 3.63) is 47.7 Å². The van der Waals surface area contributed by atoms with Gasteiger partial charge in [-0.3, -0.25) is 4.79 Å². The molecule has 1 saturated heterocycles. The largest absolute Gasteiger partial charge is 0.451 e. The van der Waals surface area contributed by atoms with Crippen LogP contribution < -0.4 is 0 Å². The lowest BCUT2D eigenvalue weighted by molar-refractivity contribution is -0.137. The van der Waals surface area contributed by atoms with Crippen LogP contribution in [0.5, 0.6) is 0 Å². The zero-order valence-electron chi connectivity index (χ0n) is 13.2. The molecule has 0 bridgehead atoms. The number of carbonyl (C=O) groups excluding carboxylic acids is 1. The molecule has 2 aliphatic rings. The highest BCUT2D eigenvalue weighted by Crippen LogP contribution is 2.52. The molecule has 132 valence electrons. The summed E-state index contributed by atoms with van der Waals surface area (Å²) < 4.78 is 43.4. The SMILES string of the molecule is O=C(c1ccc(-c2ccc(C(F)(F)F)cc2)o1)N1CC(O)C2(CC2)C1. The summed E-state index contributed by atoms with van der Waals surface area (Å²) in [6.07, 6.45) is -3.04. The van der Waals surface area contributed by atoms with Gasteiger partial charge in [-0.25, -0.2) is 0 Å². The number of hydrogen-bond donors (Lipinski definition) is 1. The van der Waals surface area contributed by atoms with Crippen molar-refractivity contribution in [3.8, 4) is 11.3 Å². The zero-order valence-corrected chi connectivity index (χ0v) is 13.2. The van der Waals surface area contributed by atoms with Gasteiger partial charge in [-0.15, -0.1) is 0 Å². The fraction of sp³-hybridized carbons (Fsp3) is 0.389. The molecule has 2 heterocycles. The van der Waals surface area contributed by atoms with Gasteiger partial charge in [-0.05, 0) is 37.1 Å². The van der Waals surface area contributed by atoms with Crippen LogP contribution in [0.25, 0.3) is 11.3 Å². The Hall–Kier alpha value is -2.28. The minimum absolute atomic E-state index is 0.125.